The first kappa shape index (κ1) is 14.9. The van der Waals surface area contributed by atoms with Gasteiger partial charge in [0, 0.05) is 12.1 Å². The zero-order valence-electron chi connectivity index (χ0n) is 9.98. The Labute approximate surface area is 103 Å². The molecule has 0 heterocycles. The Balaban J connectivity index is 2.48. The molecule has 1 aromatic rings. The molecule has 0 aliphatic heterocycles. The van der Waals surface area contributed by atoms with Crippen LogP contribution in [0.3, 0.4) is 0 Å². The minimum absolute atomic E-state index is 0.153. The second kappa shape index (κ2) is 6.70. The fraction of sp³-hybridized carbons (Fsp3) is 0.500. The fourth-order valence-corrected chi connectivity index (χ4v) is 1.42. The number of nitrogens with one attached hydrogen (secondary N) is 1. The lowest BCUT2D eigenvalue weighted by molar-refractivity contribution is -0.146. The van der Waals surface area contributed by atoms with E-state index in [1.807, 2.05) is 0 Å². The quantitative estimate of drug-likeness (QED) is 0.630. The molecule has 2 nitrogen and oxygen atoms in total. The van der Waals surface area contributed by atoms with Crippen LogP contribution < -0.4 is 5.32 Å². The van der Waals surface area contributed by atoms with Crippen LogP contribution in [0, 0.1) is 5.82 Å². The maximum absolute atomic E-state index is 13.3. The van der Waals surface area contributed by atoms with Crippen molar-refractivity contribution >= 4 is 0 Å². The van der Waals surface area contributed by atoms with Crippen molar-refractivity contribution in [3.8, 4) is 0 Å². The molecule has 0 bridgehead atoms. The largest absolute Gasteiger partial charge is 0.391 e. The lowest BCUT2D eigenvalue weighted by Gasteiger charge is -2.09. The van der Waals surface area contributed by atoms with Gasteiger partial charge in [0.15, 0.2) is 0 Å². The van der Waals surface area contributed by atoms with Crippen molar-refractivity contribution in [3.63, 3.8) is 0 Å². The highest BCUT2D eigenvalue weighted by molar-refractivity contribution is 5.24. The molecule has 1 aromatic carbocycles. The summed E-state index contributed by atoms with van der Waals surface area (Å²) in [7, 11) is 1.75. The minimum atomic E-state index is -4.24. The SMILES string of the molecule is CNCc1ccc(F)c(COCCC(F)(F)F)c1. The maximum Gasteiger partial charge on any atom is 0.391 e. The number of rotatable bonds is 6. The van der Waals surface area contributed by atoms with E-state index in [0.717, 1.165) is 5.56 Å². The van der Waals surface area contributed by atoms with Crippen LogP contribution in [0.25, 0.3) is 0 Å². The lowest BCUT2D eigenvalue weighted by Crippen LogP contribution is -2.12. The van der Waals surface area contributed by atoms with E-state index in [1.54, 1.807) is 19.2 Å². The first-order chi connectivity index (χ1) is 8.42. The molecule has 0 aromatic heterocycles. The van der Waals surface area contributed by atoms with Gasteiger partial charge in [0.1, 0.15) is 5.82 Å². The predicted molar refractivity (Wildman–Crippen MR) is 59.5 cm³/mol. The Hall–Kier alpha value is -1.14. The molecule has 0 saturated carbocycles. The first-order valence-electron chi connectivity index (χ1n) is 5.49. The monoisotopic (exact) mass is 265 g/mol. The molecule has 1 rings (SSSR count). The van der Waals surface area contributed by atoms with Crippen molar-refractivity contribution in [1.82, 2.24) is 5.32 Å². The van der Waals surface area contributed by atoms with Gasteiger partial charge in [-0.25, -0.2) is 4.39 Å². The Bertz CT molecular complexity index is 379. The number of hydrogen-bond donors (Lipinski definition) is 1. The van der Waals surface area contributed by atoms with E-state index in [1.165, 1.54) is 6.07 Å². The lowest BCUT2D eigenvalue weighted by atomic mass is 10.1. The number of ether oxygens (including phenoxy) is 1. The first-order valence-corrected chi connectivity index (χ1v) is 5.49. The van der Waals surface area contributed by atoms with Gasteiger partial charge in [0.05, 0.1) is 19.6 Å². The Morgan fingerprint density at radius 1 is 1.28 bits per heavy atom. The van der Waals surface area contributed by atoms with E-state index >= 15 is 0 Å². The standard InChI is InChI=1S/C12H15F4NO/c1-17-7-9-2-3-11(13)10(6-9)8-18-5-4-12(14,15)16/h2-3,6,17H,4-5,7-8H2,1H3. The van der Waals surface area contributed by atoms with Crippen LogP contribution in [0.2, 0.25) is 0 Å². The van der Waals surface area contributed by atoms with E-state index < -0.39 is 25.0 Å². The third kappa shape index (κ3) is 5.46. The van der Waals surface area contributed by atoms with Crippen LogP contribution in [0.15, 0.2) is 18.2 Å². The molecule has 102 valence electrons. The highest BCUT2D eigenvalue weighted by Crippen LogP contribution is 2.19. The van der Waals surface area contributed by atoms with Gasteiger partial charge in [0.2, 0.25) is 0 Å². The molecule has 0 atom stereocenters. The van der Waals surface area contributed by atoms with Crippen molar-refractivity contribution in [2.24, 2.45) is 0 Å². The molecular formula is C12H15F4NO. The summed E-state index contributed by atoms with van der Waals surface area (Å²) in [5.41, 5.74) is 1.12. The third-order valence-electron chi connectivity index (χ3n) is 2.28. The summed E-state index contributed by atoms with van der Waals surface area (Å²) in [6.07, 6.45) is -5.27. The molecule has 0 radical (unpaired) electrons. The van der Waals surface area contributed by atoms with Gasteiger partial charge in [0.25, 0.3) is 0 Å². The Morgan fingerprint density at radius 2 is 2.00 bits per heavy atom. The molecular weight excluding hydrogens is 250 g/mol. The number of halogens is 4. The molecule has 0 aliphatic carbocycles. The molecule has 6 heteroatoms. The van der Waals surface area contributed by atoms with Gasteiger partial charge < -0.3 is 10.1 Å². The fourth-order valence-electron chi connectivity index (χ4n) is 1.42. The van der Waals surface area contributed by atoms with Crippen LogP contribution >= 0.6 is 0 Å². The van der Waals surface area contributed by atoms with Gasteiger partial charge in [-0.05, 0) is 24.7 Å². The summed E-state index contributed by atoms with van der Waals surface area (Å²) in [4.78, 5) is 0. The second-order valence-electron chi connectivity index (χ2n) is 3.87. The number of alkyl halides is 3. The zero-order chi connectivity index (χ0) is 13.6. The number of hydrogen-bond acceptors (Lipinski definition) is 2. The summed E-state index contributed by atoms with van der Waals surface area (Å²) in [6, 6.07) is 4.49. The van der Waals surface area contributed by atoms with Gasteiger partial charge >= 0.3 is 6.18 Å². The van der Waals surface area contributed by atoms with Gasteiger partial charge in [-0.15, -0.1) is 0 Å². The highest BCUT2D eigenvalue weighted by atomic mass is 19.4. The van der Waals surface area contributed by atoms with Gasteiger partial charge in [-0.2, -0.15) is 13.2 Å². The molecule has 18 heavy (non-hydrogen) atoms. The van der Waals surface area contributed by atoms with E-state index in [4.69, 9.17) is 4.74 Å². The highest BCUT2D eigenvalue weighted by Gasteiger charge is 2.26. The normalized spacial score (nSPS) is 11.8. The molecule has 0 amide bonds. The van der Waals surface area contributed by atoms with E-state index in [-0.39, 0.29) is 12.2 Å². The molecule has 0 fully saturated rings. The number of benzene rings is 1. The summed E-state index contributed by atoms with van der Waals surface area (Å²) in [5, 5.41) is 2.91. The van der Waals surface area contributed by atoms with Gasteiger partial charge in [-0.1, -0.05) is 6.07 Å². The molecule has 0 spiro atoms. The Kier molecular flexibility index (Phi) is 5.55. The van der Waals surface area contributed by atoms with E-state index in [9.17, 15) is 17.6 Å². The van der Waals surface area contributed by atoms with Crippen molar-refractivity contribution in [3.05, 3.63) is 35.1 Å². The van der Waals surface area contributed by atoms with Crippen molar-refractivity contribution in [1.29, 1.82) is 0 Å². The average molecular weight is 265 g/mol. The topological polar surface area (TPSA) is 21.3 Å². The third-order valence-corrected chi connectivity index (χ3v) is 2.28. The summed E-state index contributed by atoms with van der Waals surface area (Å²) in [6.45, 7) is -0.0471. The van der Waals surface area contributed by atoms with E-state index in [2.05, 4.69) is 5.32 Å². The minimum Gasteiger partial charge on any atom is -0.376 e. The second-order valence-corrected chi connectivity index (χ2v) is 3.87. The van der Waals surface area contributed by atoms with Crippen LogP contribution in [0.5, 0.6) is 0 Å². The van der Waals surface area contributed by atoms with Crippen molar-refractivity contribution < 1.29 is 22.3 Å². The zero-order valence-corrected chi connectivity index (χ0v) is 9.98. The average Bonchev–Trinajstić information content (AvgIpc) is 2.27. The Morgan fingerprint density at radius 3 is 2.61 bits per heavy atom. The van der Waals surface area contributed by atoms with Crippen LogP contribution in [-0.4, -0.2) is 19.8 Å². The summed E-state index contributed by atoms with van der Waals surface area (Å²) >= 11 is 0. The van der Waals surface area contributed by atoms with Gasteiger partial charge in [-0.3, -0.25) is 0 Å². The van der Waals surface area contributed by atoms with Crippen molar-refractivity contribution in [2.45, 2.75) is 25.7 Å². The maximum atomic E-state index is 13.3. The molecule has 0 saturated heterocycles. The molecule has 1 N–H and O–H groups in total. The molecule has 0 unspecified atom stereocenters. The summed E-state index contributed by atoms with van der Waals surface area (Å²) in [5.74, 6) is -0.470. The smallest absolute Gasteiger partial charge is 0.376 e. The van der Waals surface area contributed by atoms with Crippen LogP contribution in [0.4, 0.5) is 17.6 Å². The molecule has 0 aliphatic rings. The van der Waals surface area contributed by atoms with Crippen LogP contribution in [-0.2, 0) is 17.9 Å². The van der Waals surface area contributed by atoms with Crippen LogP contribution in [0.1, 0.15) is 17.5 Å². The van der Waals surface area contributed by atoms with Crippen molar-refractivity contribution in [2.75, 3.05) is 13.7 Å². The van der Waals surface area contributed by atoms with E-state index in [0.29, 0.717) is 6.54 Å². The predicted octanol–water partition coefficient (Wildman–Crippen LogP) is 3.01. The summed E-state index contributed by atoms with van der Waals surface area (Å²) < 4.78 is 53.8.